The van der Waals surface area contributed by atoms with Crippen LogP contribution >= 0.6 is 11.3 Å². The summed E-state index contributed by atoms with van der Waals surface area (Å²) in [5.74, 6) is 0.224. The Balaban J connectivity index is 1.56. The molecule has 166 valence electrons. The SMILES string of the molecule is C=CCOCCC(=O)N1CCC(c2nc(C)ccc2C(=O)NCCc2cccs2)CC1. The van der Waals surface area contributed by atoms with Gasteiger partial charge in [0, 0.05) is 36.1 Å². The van der Waals surface area contributed by atoms with Crippen LogP contribution in [-0.4, -0.2) is 54.5 Å². The van der Waals surface area contributed by atoms with Gasteiger partial charge >= 0.3 is 0 Å². The lowest BCUT2D eigenvalue weighted by atomic mass is 9.89. The Morgan fingerprint density at radius 1 is 1.32 bits per heavy atom. The molecule has 7 heteroatoms. The number of nitrogens with zero attached hydrogens (tertiary/aromatic N) is 2. The van der Waals surface area contributed by atoms with Gasteiger partial charge in [0.1, 0.15) is 0 Å². The lowest BCUT2D eigenvalue weighted by Crippen LogP contribution is -2.39. The van der Waals surface area contributed by atoms with Crippen molar-refractivity contribution < 1.29 is 14.3 Å². The number of hydrogen-bond donors (Lipinski definition) is 1. The quantitative estimate of drug-likeness (QED) is 0.451. The van der Waals surface area contributed by atoms with E-state index < -0.39 is 0 Å². The predicted octanol–water partition coefficient (Wildman–Crippen LogP) is 3.72. The molecule has 6 nitrogen and oxygen atoms in total. The number of rotatable bonds is 10. The second kappa shape index (κ2) is 11.8. The van der Waals surface area contributed by atoms with Crippen LogP contribution in [0.2, 0.25) is 0 Å². The number of aryl methyl sites for hydroxylation is 1. The Bertz CT molecular complexity index is 874. The number of ether oxygens (including phenoxy) is 1. The maximum absolute atomic E-state index is 12.9. The average molecular weight is 442 g/mol. The fourth-order valence-corrected chi connectivity index (χ4v) is 4.52. The number of nitrogens with one attached hydrogen (secondary N) is 1. The Hall–Kier alpha value is -2.51. The molecular formula is C24H31N3O3S. The van der Waals surface area contributed by atoms with Crippen LogP contribution < -0.4 is 5.32 Å². The van der Waals surface area contributed by atoms with Gasteiger partial charge in [-0.1, -0.05) is 12.1 Å². The van der Waals surface area contributed by atoms with E-state index in [9.17, 15) is 9.59 Å². The highest BCUT2D eigenvalue weighted by molar-refractivity contribution is 7.09. The summed E-state index contributed by atoms with van der Waals surface area (Å²) in [6.45, 7) is 8.40. The van der Waals surface area contributed by atoms with Crippen LogP contribution in [0.4, 0.5) is 0 Å². The summed E-state index contributed by atoms with van der Waals surface area (Å²) in [5, 5.41) is 5.09. The monoisotopic (exact) mass is 441 g/mol. The summed E-state index contributed by atoms with van der Waals surface area (Å²) in [4.78, 5) is 33.1. The third-order valence-corrected chi connectivity index (χ3v) is 6.41. The van der Waals surface area contributed by atoms with Crippen molar-refractivity contribution in [3.63, 3.8) is 0 Å². The van der Waals surface area contributed by atoms with Crippen molar-refractivity contribution in [2.24, 2.45) is 0 Å². The summed E-state index contributed by atoms with van der Waals surface area (Å²) in [7, 11) is 0. The van der Waals surface area contributed by atoms with E-state index in [2.05, 4.69) is 18.0 Å². The smallest absolute Gasteiger partial charge is 0.253 e. The zero-order valence-electron chi connectivity index (χ0n) is 18.1. The first-order valence-electron chi connectivity index (χ1n) is 10.8. The third kappa shape index (κ3) is 6.74. The Morgan fingerprint density at radius 3 is 2.84 bits per heavy atom. The first-order chi connectivity index (χ1) is 15.1. The largest absolute Gasteiger partial charge is 0.377 e. The standard InChI is InChI=1S/C24H31N3O3S/c1-3-15-30-16-11-22(28)27-13-9-19(10-14-27)23-21(7-6-18(2)26-23)24(29)25-12-8-20-5-4-17-31-20/h3-7,17,19H,1,8-16H2,2H3,(H,25,29). The van der Waals surface area contributed by atoms with E-state index in [1.807, 2.05) is 35.4 Å². The number of amides is 2. The Labute approximate surface area is 188 Å². The normalized spacial score (nSPS) is 14.4. The van der Waals surface area contributed by atoms with Crippen LogP contribution in [0.3, 0.4) is 0 Å². The molecule has 0 bridgehead atoms. The van der Waals surface area contributed by atoms with Crippen molar-refractivity contribution in [2.75, 3.05) is 32.8 Å². The topological polar surface area (TPSA) is 71.5 Å². The van der Waals surface area contributed by atoms with Gasteiger partial charge in [-0.2, -0.15) is 0 Å². The van der Waals surface area contributed by atoms with Crippen LogP contribution in [0, 0.1) is 6.92 Å². The van der Waals surface area contributed by atoms with E-state index in [4.69, 9.17) is 9.72 Å². The minimum Gasteiger partial charge on any atom is -0.377 e. The molecule has 0 atom stereocenters. The summed E-state index contributed by atoms with van der Waals surface area (Å²) < 4.78 is 5.33. The first kappa shape index (κ1) is 23.2. The van der Waals surface area contributed by atoms with Crippen LogP contribution in [-0.2, 0) is 16.0 Å². The molecule has 0 unspecified atom stereocenters. The molecule has 3 rings (SSSR count). The van der Waals surface area contributed by atoms with Gasteiger partial charge in [-0.25, -0.2) is 0 Å². The summed E-state index contributed by atoms with van der Waals surface area (Å²) in [5.41, 5.74) is 2.41. The fourth-order valence-electron chi connectivity index (χ4n) is 3.82. The molecule has 1 N–H and O–H groups in total. The molecule has 1 fully saturated rings. The van der Waals surface area contributed by atoms with Crippen molar-refractivity contribution in [2.45, 2.75) is 38.5 Å². The Kier molecular flexibility index (Phi) is 8.79. The second-order valence-corrected chi connectivity index (χ2v) is 8.77. The molecule has 0 aromatic carbocycles. The summed E-state index contributed by atoms with van der Waals surface area (Å²) in [6, 6.07) is 7.87. The minimum absolute atomic E-state index is 0.0723. The number of pyridine rings is 1. The third-order valence-electron chi connectivity index (χ3n) is 5.48. The highest BCUT2D eigenvalue weighted by Crippen LogP contribution is 2.29. The van der Waals surface area contributed by atoms with Gasteiger partial charge in [-0.15, -0.1) is 17.9 Å². The molecule has 0 spiro atoms. The average Bonchev–Trinajstić information content (AvgIpc) is 3.30. The van der Waals surface area contributed by atoms with Crippen molar-refractivity contribution in [1.82, 2.24) is 15.2 Å². The van der Waals surface area contributed by atoms with Gasteiger partial charge in [0.25, 0.3) is 5.91 Å². The lowest BCUT2D eigenvalue weighted by molar-refractivity contribution is -0.133. The van der Waals surface area contributed by atoms with E-state index in [0.29, 0.717) is 44.8 Å². The van der Waals surface area contributed by atoms with Gasteiger partial charge in [-0.3, -0.25) is 14.6 Å². The van der Waals surface area contributed by atoms with Crippen molar-refractivity contribution in [1.29, 1.82) is 0 Å². The number of carbonyl (C=O) groups is 2. The molecule has 3 heterocycles. The molecule has 0 saturated carbocycles. The maximum atomic E-state index is 12.9. The van der Waals surface area contributed by atoms with Crippen molar-refractivity contribution >= 4 is 23.2 Å². The second-order valence-electron chi connectivity index (χ2n) is 7.74. The molecule has 0 radical (unpaired) electrons. The molecular weight excluding hydrogens is 410 g/mol. The highest BCUT2D eigenvalue weighted by atomic mass is 32.1. The van der Waals surface area contributed by atoms with Gasteiger partial charge in [-0.05, 0) is 49.8 Å². The molecule has 2 amide bonds. The van der Waals surface area contributed by atoms with Crippen molar-refractivity contribution in [3.8, 4) is 0 Å². The van der Waals surface area contributed by atoms with E-state index in [0.717, 1.165) is 30.7 Å². The highest BCUT2D eigenvalue weighted by Gasteiger charge is 2.27. The number of piperidine rings is 1. The zero-order chi connectivity index (χ0) is 22.1. The predicted molar refractivity (Wildman–Crippen MR) is 124 cm³/mol. The molecule has 2 aromatic heterocycles. The van der Waals surface area contributed by atoms with Crippen LogP contribution in [0.1, 0.15) is 51.8 Å². The molecule has 2 aromatic rings. The molecule has 1 saturated heterocycles. The number of thiophene rings is 1. The lowest BCUT2D eigenvalue weighted by Gasteiger charge is -2.32. The molecule has 1 aliphatic heterocycles. The van der Waals surface area contributed by atoms with E-state index in [1.165, 1.54) is 4.88 Å². The molecule has 31 heavy (non-hydrogen) atoms. The zero-order valence-corrected chi connectivity index (χ0v) is 19.0. The van der Waals surface area contributed by atoms with Crippen LogP contribution in [0.15, 0.2) is 42.3 Å². The van der Waals surface area contributed by atoms with E-state index in [-0.39, 0.29) is 17.7 Å². The van der Waals surface area contributed by atoms with Gasteiger partial charge in [0.2, 0.25) is 5.91 Å². The first-order valence-corrected chi connectivity index (χ1v) is 11.7. The molecule has 0 aliphatic carbocycles. The van der Waals surface area contributed by atoms with Gasteiger partial charge < -0.3 is 15.0 Å². The van der Waals surface area contributed by atoms with Gasteiger partial charge in [0.15, 0.2) is 0 Å². The number of hydrogen-bond acceptors (Lipinski definition) is 5. The number of aromatic nitrogens is 1. The number of carbonyl (C=O) groups excluding carboxylic acids is 2. The van der Waals surface area contributed by atoms with E-state index in [1.54, 1.807) is 17.4 Å². The van der Waals surface area contributed by atoms with E-state index >= 15 is 0 Å². The minimum atomic E-state index is -0.0723. The number of likely N-dealkylation sites (tertiary alicyclic amines) is 1. The summed E-state index contributed by atoms with van der Waals surface area (Å²) in [6.07, 6.45) is 4.52. The van der Waals surface area contributed by atoms with Crippen molar-refractivity contribution in [3.05, 3.63) is 64.1 Å². The van der Waals surface area contributed by atoms with Crippen LogP contribution in [0.5, 0.6) is 0 Å². The van der Waals surface area contributed by atoms with Gasteiger partial charge in [0.05, 0.1) is 30.9 Å². The molecule has 1 aliphatic rings. The van der Waals surface area contributed by atoms with Crippen LogP contribution in [0.25, 0.3) is 0 Å². The Morgan fingerprint density at radius 2 is 2.13 bits per heavy atom. The summed E-state index contributed by atoms with van der Waals surface area (Å²) >= 11 is 1.70. The maximum Gasteiger partial charge on any atom is 0.253 e. The fraction of sp³-hybridized carbons (Fsp3) is 0.458.